The van der Waals surface area contributed by atoms with Gasteiger partial charge < -0.3 is 10.6 Å². The highest BCUT2D eigenvalue weighted by atomic mass is 35.5. The van der Waals surface area contributed by atoms with Crippen LogP contribution in [0.25, 0.3) is 11.1 Å². The lowest BCUT2D eigenvalue weighted by atomic mass is 9.98. The minimum atomic E-state index is 0.0982. The molecular weight excluding hydrogens is 308 g/mol. The minimum Gasteiger partial charge on any atom is -0.331 e. The fourth-order valence-electron chi connectivity index (χ4n) is 3.80. The van der Waals surface area contributed by atoms with E-state index in [1.165, 1.54) is 0 Å². The molecule has 2 N–H and O–H groups in total. The van der Waals surface area contributed by atoms with E-state index in [-0.39, 0.29) is 11.9 Å². The maximum Gasteiger partial charge on any atom is 0.255 e. The molecule has 2 aromatic rings. The van der Waals surface area contributed by atoms with Gasteiger partial charge in [-0.05, 0) is 48.1 Å². The number of likely N-dealkylation sites (tertiary alicyclic amines) is 1. The smallest absolute Gasteiger partial charge is 0.255 e. The van der Waals surface area contributed by atoms with E-state index in [1.54, 1.807) is 0 Å². The summed E-state index contributed by atoms with van der Waals surface area (Å²) in [5.41, 5.74) is 8.52. The van der Waals surface area contributed by atoms with Crippen molar-refractivity contribution >= 4 is 17.5 Å². The Kier molecular flexibility index (Phi) is 3.63. The van der Waals surface area contributed by atoms with Crippen LogP contribution in [0.3, 0.4) is 0 Å². The zero-order valence-corrected chi connectivity index (χ0v) is 13.5. The van der Waals surface area contributed by atoms with Crippen molar-refractivity contribution < 1.29 is 4.79 Å². The van der Waals surface area contributed by atoms with E-state index in [0.29, 0.717) is 23.5 Å². The molecule has 0 radical (unpaired) electrons. The predicted octanol–water partition coefficient (Wildman–Crippen LogP) is 3.57. The zero-order chi connectivity index (χ0) is 16.0. The van der Waals surface area contributed by atoms with Gasteiger partial charge in [0, 0.05) is 29.2 Å². The number of fused-ring (bicyclic) bond motifs is 1. The Bertz CT molecular complexity index is 761. The topological polar surface area (TPSA) is 46.3 Å². The molecular formula is C19H19ClN2O. The minimum absolute atomic E-state index is 0.0982. The summed E-state index contributed by atoms with van der Waals surface area (Å²) in [5, 5.41) is 0.674. The summed E-state index contributed by atoms with van der Waals surface area (Å²) in [6, 6.07) is 16.0. The Hall–Kier alpha value is -1.84. The molecule has 118 valence electrons. The number of piperidine rings is 1. The van der Waals surface area contributed by atoms with Gasteiger partial charge >= 0.3 is 0 Å². The Balaban J connectivity index is 1.73. The monoisotopic (exact) mass is 326 g/mol. The first-order valence-electron chi connectivity index (χ1n) is 8.06. The number of amides is 1. The average Bonchev–Trinajstić information content (AvgIpc) is 3.24. The van der Waals surface area contributed by atoms with Crippen molar-refractivity contribution in [3.63, 3.8) is 0 Å². The highest BCUT2D eigenvalue weighted by molar-refractivity contribution is 6.30. The standard InChI is InChI=1S/C19H19ClN2O/c20-14-5-3-4-12(8-14)16-6-1-2-7-17(16)19(23)22-15(11-21)9-13-10-18(13)22/h1-8,13,15,18H,9-11,21H2/t13-,15+,18+/m1/s1. The van der Waals surface area contributed by atoms with Crippen molar-refractivity contribution in [3.8, 4) is 11.1 Å². The number of carbonyl (C=O) groups excluding carboxylic acids is 1. The van der Waals surface area contributed by atoms with Crippen molar-refractivity contribution in [2.75, 3.05) is 6.54 Å². The molecule has 0 spiro atoms. The quantitative estimate of drug-likeness (QED) is 0.937. The van der Waals surface area contributed by atoms with Crippen LogP contribution in [-0.2, 0) is 0 Å². The number of nitrogens with zero attached hydrogens (tertiary/aromatic N) is 1. The Morgan fingerprint density at radius 2 is 2.00 bits per heavy atom. The van der Waals surface area contributed by atoms with Gasteiger partial charge in [0.1, 0.15) is 0 Å². The molecule has 23 heavy (non-hydrogen) atoms. The van der Waals surface area contributed by atoms with Gasteiger partial charge in [0.2, 0.25) is 0 Å². The largest absolute Gasteiger partial charge is 0.331 e. The molecule has 2 aromatic carbocycles. The van der Waals surface area contributed by atoms with Gasteiger partial charge in [-0.15, -0.1) is 0 Å². The molecule has 3 atom stereocenters. The molecule has 4 rings (SSSR count). The predicted molar refractivity (Wildman–Crippen MR) is 92.4 cm³/mol. The molecule has 0 aromatic heterocycles. The summed E-state index contributed by atoms with van der Waals surface area (Å²) in [7, 11) is 0. The SMILES string of the molecule is NC[C@@H]1C[C@@H]2C[C@@H]2N1C(=O)c1ccccc1-c1cccc(Cl)c1. The van der Waals surface area contributed by atoms with Crippen LogP contribution in [0.1, 0.15) is 23.2 Å². The molecule has 1 amide bonds. The van der Waals surface area contributed by atoms with Crippen LogP contribution in [0.2, 0.25) is 5.02 Å². The molecule has 3 nitrogen and oxygen atoms in total. The van der Waals surface area contributed by atoms with Crippen LogP contribution < -0.4 is 5.73 Å². The molecule has 2 aliphatic rings. The molecule has 1 aliphatic carbocycles. The van der Waals surface area contributed by atoms with Gasteiger partial charge in [0.15, 0.2) is 0 Å². The van der Waals surface area contributed by atoms with Crippen molar-refractivity contribution in [1.29, 1.82) is 0 Å². The van der Waals surface area contributed by atoms with Crippen molar-refractivity contribution in [2.45, 2.75) is 24.9 Å². The molecule has 2 fully saturated rings. The van der Waals surface area contributed by atoms with E-state index in [4.69, 9.17) is 17.3 Å². The van der Waals surface area contributed by atoms with Gasteiger partial charge in [0.25, 0.3) is 5.91 Å². The fraction of sp³-hybridized carbons (Fsp3) is 0.316. The maximum atomic E-state index is 13.2. The molecule has 4 heteroatoms. The summed E-state index contributed by atoms with van der Waals surface area (Å²) in [5.74, 6) is 0.756. The van der Waals surface area contributed by atoms with E-state index in [1.807, 2.05) is 53.4 Å². The maximum absolute atomic E-state index is 13.2. The normalized spacial score (nSPS) is 25.3. The number of rotatable bonds is 3. The first kappa shape index (κ1) is 14.7. The summed E-state index contributed by atoms with van der Waals surface area (Å²) < 4.78 is 0. The number of benzene rings is 2. The lowest BCUT2D eigenvalue weighted by Crippen LogP contribution is -2.42. The lowest BCUT2D eigenvalue weighted by Gasteiger charge is -2.27. The van der Waals surface area contributed by atoms with Crippen molar-refractivity contribution in [2.24, 2.45) is 11.7 Å². The van der Waals surface area contributed by atoms with Crippen LogP contribution >= 0.6 is 11.6 Å². The van der Waals surface area contributed by atoms with E-state index < -0.39 is 0 Å². The molecule has 1 aliphatic heterocycles. The first-order chi connectivity index (χ1) is 11.2. The Morgan fingerprint density at radius 3 is 2.78 bits per heavy atom. The van der Waals surface area contributed by atoms with E-state index in [2.05, 4.69) is 0 Å². The van der Waals surface area contributed by atoms with Gasteiger partial charge in [-0.1, -0.05) is 41.9 Å². The summed E-state index contributed by atoms with van der Waals surface area (Å²) in [6.07, 6.45) is 2.17. The molecule has 1 heterocycles. The number of hydrogen-bond acceptors (Lipinski definition) is 2. The Labute approximate surface area is 141 Å². The average molecular weight is 327 g/mol. The van der Waals surface area contributed by atoms with E-state index >= 15 is 0 Å². The van der Waals surface area contributed by atoms with Crippen LogP contribution in [0.4, 0.5) is 0 Å². The van der Waals surface area contributed by atoms with Gasteiger partial charge in [-0.3, -0.25) is 4.79 Å². The first-order valence-corrected chi connectivity index (χ1v) is 8.44. The number of carbonyl (C=O) groups is 1. The van der Waals surface area contributed by atoms with Crippen LogP contribution in [0.15, 0.2) is 48.5 Å². The molecule has 0 bridgehead atoms. The lowest BCUT2D eigenvalue weighted by molar-refractivity contribution is 0.0706. The van der Waals surface area contributed by atoms with Crippen molar-refractivity contribution in [3.05, 3.63) is 59.1 Å². The summed E-state index contributed by atoms with van der Waals surface area (Å²) >= 11 is 6.12. The third kappa shape index (κ3) is 2.54. The second kappa shape index (κ2) is 5.66. The third-order valence-electron chi connectivity index (χ3n) is 5.01. The molecule has 1 saturated carbocycles. The fourth-order valence-corrected chi connectivity index (χ4v) is 3.99. The van der Waals surface area contributed by atoms with Crippen LogP contribution in [0.5, 0.6) is 0 Å². The summed E-state index contributed by atoms with van der Waals surface area (Å²) in [6.45, 7) is 0.540. The zero-order valence-electron chi connectivity index (χ0n) is 12.8. The second-order valence-corrected chi connectivity index (χ2v) is 6.89. The van der Waals surface area contributed by atoms with E-state index in [0.717, 1.165) is 29.5 Å². The second-order valence-electron chi connectivity index (χ2n) is 6.46. The van der Waals surface area contributed by atoms with Gasteiger partial charge in [-0.25, -0.2) is 0 Å². The van der Waals surface area contributed by atoms with Gasteiger partial charge in [0.05, 0.1) is 0 Å². The van der Waals surface area contributed by atoms with Gasteiger partial charge in [-0.2, -0.15) is 0 Å². The number of nitrogens with two attached hydrogens (primary N) is 1. The van der Waals surface area contributed by atoms with E-state index in [9.17, 15) is 4.79 Å². The third-order valence-corrected chi connectivity index (χ3v) is 5.25. The highest BCUT2D eigenvalue weighted by Gasteiger charge is 2.53. The molecule has 0 unspecified atom stereocenters. The number of hydrogen-bond donors (Lipinski definition) is 1. The Morgan fingerprint density at radius 1 is 1.17 bits per heavy atom. The number of halogens is 1. The highest BCUT2D eigenvalue weighted by Crippen LogP contribution is 2.48. The van der Waals surface area contributed by atoms with Crippen LogP contribution in [-0.4, -0.2) is 29.4 Å². The van der Waals surface area contributed by atoms with Crippen LogP contribution in [0, 0.1) is 5.92 Å². The van der Waals surface area contributed by atoms with Crippen molar-refractivity contribution in [1.82, 2.24) is 4.90 Å². The summed E-state index contributed by atoms with van der Waals surface area (Å²) in [4.78, 5) is 15.2. The molecule has 1 saturated heterocycles.